The highest BCUT2D eigenvalue weighted by atomic mass is 32.2. The van der Waals surface area contributed by atoms with Crippen molar-refractivity contribution in [2.24, 2.45) is 10.1 Å². The maximum absolute atomic E-state index is 12.6. The Kier molecular flexibility index (Phi) is 4.84. The predicted octanol–water partition coefficient (Wildman–Crippen LogP) is 1.38. The van der Waals surface area contributed by atoms with Crippen molar-refractivity contribution >= 4 is 27.0 Å². The molecule has 3 N–H and O–H groups in total. The van der Waals surface area contributed by atoms with Gasteiger partial charge >= 0.3 is 5.69 Å². The van der Waals surface area contributed by atoms with Gasteiger partial charge in [-0.15, -0.1) is 4.40 Å². The molecule has 0 spiro atoms. The fourth-order valence-corrected chi connectivity index (χ4v) is 3.86. The van der Waals surface area contributed by atoms with Crippen molar-refractivity contribution < 1.29 is 8.42 Å². The van der Waals surface area contributed by atoms with E-state index in [9.17, 15) is 13.2 Å². The van der Waals surface area contributed by atoms with Crippen LogP contribution in [-0.4, -0.2) is 33.8 Å². The van der Waals surface area contributed by atoms with Gasteiger partial charge in [0.1, 0.15) is 17.5 Å². The fraction of sp³-hybridized carbons (Fsp3) is 0.0500. The number of nitriles is 1. The monoisotopic (exact) mass is 433 g/mol. The standard InChI is InChI=1S/C20H15N7O3S/c1-12-2-8-15(9-3-12)31(29,30)26-18(22)16-17-19(25-20(28)24-16)27(11-23-17)14-6-4-13(10-21)5-7-14/h2-9,11H,1H3,(H2,22,26)(H,24,25,28). The smallest absolute Gasteiger partial charge is 0.347 e. The van der Waals surface area contributed by atoms with Crippen molar-refractivity contribution in [1.82, 2.24) is 19.5 Å². The summed E-state index contributed by atoms with van der Waals surface area (Å²) in [4.78, 5) is 22.7. The molecule has 0 amide bonds. The van der Waals surface area contributed by atoms with Gasteiger partial charge in [-0.3, -0.25) is 4.57 Å². The van der Waals surface area contributed by atoms with Gasteiger partial charge in [0.2, 0.25) is 0 Å². The summed E-state index contributed by atoms with van der Waals surface area (Å²) in [6.45, 7) is 1.83. The Bertz CT molecular complexity index is 1530. The van der Waals surface area contributed by atoms with Gasteiger partial charge in [-0.05, 0) is 43.3 Å². The summed E-state index contributed by atoms with van der Waals surface area (Å²) in [6, 6.07) is 14.7. The van der Waals surface area contributed by atoms with Crippen molar-refractivity contribution in [3.63, 3.8) is 0 Å². The maximum Gasteiger partial charge on any atom is 0.347 e. The van der Waals surface area contributed by atoms with E-state index in [1.165, 1.54) is 23.0 Å². The van der Waals surface area contributed by atoms with E-state index in [1.54, 1.807) is 36.4 Å². The lowest BCUT2D eigenvalue weighted by Gasteiger charge is -2.05. The van der Waals surface area contributed by atoms with Crippen LogP contribution in [0.3, 0.4) is 0 Å². The molecule has 0 saturated carbocycles. The summed E-state index contributed by atoms with van der Waals surface area (Å²) in [5.74, 6) is -0.421. The summed E-state index contributed by atoms with van der Waals surface area (Å²) in [5, 5.41) is 8.95. The van der Waals surface area contributed by atoms with Crippen LogP contribution >= 0.6 is 0 Å². The lowest BCUT2D eigenvalue weighted by molar-refractivity contribution is 0.598. The van der Waals surface area contributed by atoms with Gasteiger partial charge in [0.05, 0.1) is 16.5 Å². The Hall–Kier alpha value is -4.30. The molecule has 0 aliphatic carbocycles. The Morgan fingerprint density at radius 2 is 1.84 bits per heavy atom. The summed E-state index contributed by atoms with van der Waals surface area (Å²) < 4.78 is 30.4. The lowest BCUT2D eigenvalue weighted by atomic mass is 10.2. The van der Waals surface area contributed by atoms with Crippen molar-refractivity contribution in [2.45, 2.75) is 11.8 Å². The third kappa shape index (κ3) is 3.79. The fourth-order valence-electron chi connectivity index (χ4n) is 2.92. The van der Waals surface area contributed by atoms with E-state index in [1.807, 2.05) is 13.0 Å². The van der Waals surface area contributed by atoms with Crippen LogP contribution in [0.25, 0.3) is 16.9 Å². The molecule has 4 aromatic rings. The Morgan fingerprint density at radius 3 is 2.48 bits per heavy atom. The highest BCUT2D eigenvalue weighted by molar-refractivity contribution is 7.90. The molecular formula is C20H15N7O3S. The summed E-state index contributed by atoms with van der Waals surface area (Å²) >= 11 is 0. The molecule has 0 fully saturated rings. The number of aryl methyl sites for hydroxylation is 1. The zero-order chi connectivity index (χ0) is 22.2. The van der Waals surface area contributed by atoms with Gasteiger partial charge in [-0.2, -0.15) is 18.7 Å². The highest BCUT2D eigenvalue weighted by Gasteiger charge is 2.19. The number of hydrogen-bond donors (Lipinski definition) is 2. The van der Waals surface area contributed by atoms with Crippen molar-refractivity contribution in [1.29, 1.82) is 5.26 Å². The van der Waals surface area contributed by atoms with Gasteiger partial charge in [-0.25, -0.2) is 9.78 Å². The summed E-state index contributed by atoms with van der Waals surface area (Å²) in [5.41, 5.74) is 7.45. The van der Waals surface area contributed by atoms with Crippen molar-refractivity contribution in [2.75, 3.05) is 0 Å². The van der Waals surface area contributed by atoms with E-state index in [4.69, 9.17) is 11.0 Å². The minimum absolute atomic E-state index is 0.0307. The molecule has 2 aromatic carbocycles. The Balaban J connectivity index is 1.83. The highest BCUT2D eigenvalue weighted by Crippen LogP contribution is 2.19. The van der Waals surface area contributed by atoms with Crippen molar-refractivity contribution in [3.8, 4) is 11.8 Å². The van der Waals surface area contributed by atoms with Crippen LogP contribution in [0.2, 0.25) is 0 Å². The number of aromatic nitrogens is 4. The first-order chi connectivity index (χ1) is 14.8. The normalized spacial score (nSPS) is 12.1. The molecule has 4 rings (SSSR count). The lowest BCUT2D eigenvalue weighted by Crippen LogP contribution is -2.24. The second-order valence-electron chi connectivity index (χ2n) is 6.63. The van der Waals surface area contributed by atoms with Gasteiger partial charge < -0.3 is 10.7 Å². The number of aromatic amines is 1. The number of nitrogens with zero attached hydrogens (tertiary/aromatic N) is 5. The van der Waals surface area contributed by atoms with Crippen LogP contribution in [0.4, 0.5) is 0 Å². The molecule has 154 valence electrons. The number of nitrogens with one attached hydrogen (secondary N) is 1. The third-order valence-corrected chi connectivity index (χ3v) is 5.79. The molecule has 0 atom stereocenters. The maximum atomic E-state index is 12.6. The van der Waals surface area contributed by atoms with Crippen LogP contribution in [0.15, 0.2) is 68.9 Å². The van der Waals surface area contributed by atoms with E-state index in [-0.39, 0.29) is 21.8 Å². The Labute approximate surface area is 176 Å². The number of benzene rings is 2. The second kappa shape index (κ2) is 7.51. The third-order valence-electron chi connectivity index (χ3n) is 4.49. The molecule has 31 heavy (non-hydrogen) atoms. The van der Waals surface area contributed by atoms with E-state index >= 15 is 0 Å². The number of imidazole rings is 1. The second-order valence-corrected chi connectivity index (χ2v) is 8.23. The van der Waals surface area contributed by atoms with Gasteiger partial charge in [-0.1, -0.05) is 17.7 Å². The summed E-state index contributed by atoms with van der Waals surface area (Å²) in [6.07, 6.45) is 1.41. The zero-order valence-corrected chi connectivity index (χ0v) is 17.0. The van der Waals surface area contributed by atoms with E-state index < -0.39 is 21.5 Å². The van der Waals surface area contributed by atoms with Crippen molar-refractivity contribution in [3.05, 3.63) is 82.2 Å². The number of H-pyrrole nitrogens is 1. The first-order valence-electron chi connectivity index (χ1n) is 8.94. The molecule has 0 radical (unpaired) electrons. The molecular weight excluding hydrogens is 418 g/mol. The van der Waals surface area contributed by atoms with Gasteiger partial charge in [0, 0.05) is 5.69 Å². The zero-order valence-electron chi connectivity index (χ0n) is 16.1. The van der Waals surface area contributed by atoms with Crippen LogP contribution in [0.1, 0.15) is 16.8 Å². The number of fused-ring (bicyclic) bond motifs is 1. The van der Waals surface area contributed by atoms with Gasteiger partial charge in [0.15, 0.2) is 11.5 Å². The molecule has 0 unspecified atom stereocenters. The van der Waals surface area contributed by atoms with Crippen LogP contribution in [0, 0.1) is 18.3 Å². The minimum Gasteiger partial charge on any atom is -0.381 e. The number of amidine groups is 1. The Morgan fingerprint density at radius 1 is 1.16 bits per heavy atom. The molecule has 11 heteroatoms. The van der Waals surface area contributed by atoms with E-state index in [2.05, 4.69) is 19.3 Å². The molecule has 0 saturated heterocycles. The first kappa shape index (κ1) is 20.0. The average molecular weight is 433 g/mol. The molecule has 2 aromatic heterocycles. The topological polar surface area (TPSA) is 160 Å². The average Bonchev–Trinajstić information content (AvgIpc) is 3.16. The van der Waals surface area contributed by atoms with Gasteiger partial charge in [0.25, 0.3) is 10.0 Å². The minimum atomic E-state index is -4.10. The van der Waals surface area contributed by atoms with Crippen LogP contribution in [0.5, 0.6) is 0 Å². The number of hydrogen-bond acceptors (Lipinski definition) is 6. The number of rotatable bonds is 4. The SMILES string of the molecule is Cc1ccc(S(=O)(=O)/N=C(\N)c2[nH]c(=O)nc3c2ncn3-c2ccc(C#N)cc2)cc1. The van der Waals surface area contributed by atoms with E-state index in [0.29, 0.717) is 11.3 Å². The molecule has 0 aliphatic heterocycles. The predicted molar refractivity (Wildman–Crippen MR) is 113 cm³/mol. The quantitative estimate of drug-likeness (QED) is 0.363. The largest absolute Gasteiger partial charge is 0.381 e. The first-order valence-corrected chi connectivity index (χ1v) is 10.4. The molecule has 0 bridgehead atoms. The molecule has 0 aliphatic rings. The molecule has 2 heterocycles. The number of nitrogens with two attached hydrogens (primary N) is 1. The summed E-state index contributed by atoms with van der Waals surface area (Å²) in [7, 11) is -4.10. The van der Waals surface area contributed by atoms with E-state index in [0.717, 1.165) is 5.56 Å². The number of sulfonamides is 1. The van der Waals surface area contributed by atoms with Crippen LogP contribution < -0.4 is 11.4 Å². The molecule has 10 nitrogen and oxygen atoms in total. The van der Waals surface area contributed by atoms with Crippen LogP contribution in [-0.2, 0) is 10.0 Å².